The van der Waals surface area contributed by atoms with Gasteiger partial charge in [-0.1, -0.05) is 12.2 Å². The first-order valence-electron chi connectivity index (χ1n) is 9.17. The van der Waals surface area contributed by atoms with Crippen molar-refractivity contribution in [2.45, 2.75) is 32.2 Å². The Hall–Kier alpha value is -2.91. The number of piperidine rings is 1. The highest BCUT2D eigenvalue weighted by molar-refractivity contribution is 5.71. The second-order valence-corrected chi connectivity index (χ2v) is 6.46. The van der Waals surface area contributed by atoms with Crippen molar-refractivity contribution >= 4 is 23.4 Å². The van der Waals surface area contributed by atoms with Crippen molar-refractivity contribution in [2.75, 3.05) is 43.0 Å². The zero-order valence-corrected chi connectivity index (χ0v) is 15.3. The van der Waals surface area contributed by atoms with Crippen LogP contribution in [-0.4, -0.2) is 64.7 Å². The van der Waals surface area contributed by atoms with E-state index in [0.29, 0.717) is 51.4 Å². The third kappa shape index (κ3) is 4.44. The number of hydrogen-bond donors (Lipinski definition) is 1. The van der Waals surface area contributed by atoms with Gasteiger partial charge < -0.3 is 19.9 Å². The molecule has 10 nitrogen and oxygen atoms in total. The predicted octanol–water partition coefficient (Wildman–Crippen LogP) is 2.18. The topological polar surface area (TPSA) is 114 Å². The van der Waals surface area contributed by atoms with Gasteiger partial charge in [-0.25, -0.2) is 14.8 Å². The number of aromatic nitrogens is 2. The van der Waals surface area contributed by atoms with Gasteiger partial charge in [0.05, 0.1) is 11.5 Å². The lowest BCUT2D eigenvalue weighted by molar-refractivity contribution is -0.383. The number of hydrogen-bond acceptors (Lipinski definition) is 8. The van der Waals surface area contributed by atoms with E-state index >= 15 is 0 Å². The number of nitrogens with zero attached hydrogens (tertiary/aromatic N) is 5. The van der Waals surface area contributed by atoms with Gasteiger partial charge in [-0.3, -0.25) is 10.1 Å². The van der Waals surface area contributed by atoms with Crippen LogP contribution in [0.15, 0.2) is 18.5 Å². The molecule has 3 rings (SSSR count). The number of amides is 1. The Kier molecular flexibility index (Phi) is 6.05. The van der Waals surface area contributed by atoms with Crippen LogP contribution in [0, 0.1) is 10.1 Å². The van der Waals surface area contributed by atoms with E-state index in [-0.39, 0.29) is 23.6 Å². The first-order valence-corrected chi connectivity index (χ1v) is 9.17. The summed E-state index contributed by atoms with van der Waals surface area (Å²) in [5.74, 6) is 0.569. The monoisotopic (exact) mass is 376 g/mol. The highest BCUT2D eigenvalue weighted by Gasteiger charge is 2.30. The first kappa shape index (κ1) is 18.9. The Bertz CT molecular complexity index is 717. The second-order valence-electron chi connectivity index (χ2n) is 6.46. The fourth-order valence-corrected chi connectivity index (χ4v) is 3.32. The van der Waals surface area contributed by atoms with Gasteiger partial charge in [0, 0.05) is 32.2 Å². The highest BCUT2D eigenvalue weighted by atomic mass is 16.6. The van der Waals surface area contributed by atoms with Crippen molar-refractivity contribution in [1.82, 2.24) is 14.9 Å². The molecule has 0 bridgehead atoms. The first-order chi connectivity index (χ1) is 13.1. The van der Waals surface area contributed by atoms with E-state index < -0.39 is 4.92 Å². The van der Waals surface area contributed by atoms with Gasteiger partial charge in [0.1, 0.15) is 6.33 Å². The molecule has 1 aromatic rings. The fraction of sp³-hybridized carbons (Fsp3) is 0.588. The van der Waals surface area contributed by atoms with E-state index in [4.69, 9.17) is 4.74 Å². The van der Waals surface area contributed by atoms with Crippen LogP contribution in [0.5, 0.6) is 0 Å². The van der Waals surface area contributed by atoms with E-state index in [1.54, 1.807) is 11.8 Å². The van der Waals surface area contributed by atoms with Crippen molar-refractivity contribution < 1.29 is 14.5 Å². The van der Waals surface area contributed by atoms with Crippen LogP contribution in [0.2, 0.25) is 0 Å². The maximum Gasteiger partial charge on any atom is 0.409 e. The Morgan fingerprint density at radius 2 is 2.11 bits per heavy atom. The quantitative estimate of drug-likeness (QED) is 0.472. The molecule has 27 heavy (non-hydrogen) atoms. The standard InChI is InChI=1S/C17H24N6O4/c1-2-27-17(24)22-10-6-13(7-11-22)20-15-14(23(25)26)16(19-12-18-15)21-8-4-3-5-9-21/h3-4,12-13H,2,5-11H2,1H3,(H,18,19,20). The molecule has 0 aromatic carbocycles. The van der Waals surface area contributed by atoms with Crippen LogP contribution in [0.25, 0.3) is 0 Å². The van der Waals surface area contributed by atoms with E-state index in [9.17, 15) is 14.9 Å². The van der Waals surface area contributed by atoms with Crippen molar-refractivity contribution in [3.8, 4) is 0 Å². The summed E-state index contributed by atoms with van der Waals surface area (Å²) >= 11 is 0. The minimum atomic E-state index is -0.427. The maximum atomic E-state index is 11.8. The molecule has 0 aliphatic carbocycles. The van der Waals surface area contributed by atoms with Gasteiger partial charge >= 0.3 is 11.8 Å². The molecule has 1 fully saturated rings. The minimum absolute atomic E-state index is 0.00150. The number of likely N-dealkylation sites (tertiary alicyclic amines) is 1. The molecule has 0 spiro atoms. The molecular weight excluding hydrogens is 352 g/mol. The molecule has 1 saturated heterocycles. The Labute approximate surface area is 157 Å². The van der Waals surface area contributed by atoms with Gasteiger partial charge in [0.2, 0.25) is 11.6 Å². The molecule has 2 aliphatic heterocycles. The predicted molar refractivity (Wildman–Crippen MR) is 99.9 cm³/mol. The summed E-state index contributed by atoms with van der Waals surface area (Å²) in [5, 5.41) is 14.9. The smallest absolute Gasteiger partial charge is 0.409 e. The average Bonchev–Trinajstić information content (AvgIpc) is 2.69. The molecule has 1 N–H and O–H groups in total. The molecule has 146 valence electrons. The van der Waals surface area contributed by atoms with Crippen molar-refractivity contribution in [3.63, 3.8) is 0 Å². The third-order valence-corrected chi connectivity index (χ3v) is 4.71. The fourth-order valence-electron chi connectivity index (χ4n) is 3.32. The normalized spacial score (nSPS) is 17.7. The molecule has 10 heteroatoms. The molecule has 3 heterocycles. The van der Waals surface area contributed by atoms with Crippen molar-refractivity contribution in [2.24, 2.45) is 0 Å². The number of nitro groups is 1. The van der Waals surface area contributed by atoms with Gasteiger partial charge in [0.25, 0.3) is 0 Å². The number of rotatable bonds is 5. The Morgan fingerprint density at radius 3 is 2.74 bits per heavy atom. The summed E-state index contributed by atoms with van der Waals surface area (Å²) < 4.78 is 5.01. The summed E-state index contributed by atoms with van der Waals surface area (Å²) in [6.07, 6.45) is 7.24. The lowest BCUT2D eigenvalue weighted by Crippen LogP contribution is -2.42. The van der Waals surface area contributed by atoms with E-state index in [1.807, 2.05) is 11.0 Å². The van der Waals surface area contributed by atoms with Crippen LogP contribution in [0.1, 0.15) is 26.2 Å². The molecule has 0 saturated carbocycles. The van der Waals surface area contributed by atoms with E-state index in [1.165, 1.54) is 6.33 Å². The maximum absolute atomic E-state index is 11.8. The minimum Gasteiger partial charge on any atom is -0.450 e. The highest BCUT2D eigenvalue weighted by Crippen LogP contribution is 2.33. The van der Waals surface area contributed by atoms with E-state index in [2.05, 4.69) is 21.4 Å². The largest absolute Gasteiger partial charge is 0.450 e. The Morgan fingerprint density at radius 1 is 1.33 bits per heavy atom. The molecule has 0 radical (unpaired) electrons. The summed E-state index contributed by atoms with van der Waals surface area (Å²) in [4.78, 5) is 34.9. The van der Waals surface area contributed by atoms with Gasteiger partial charge in [0.15, 0.2) is 0 Å². The Balaban J connectivity index is 1.71. The number of nitrogens with one attached hydrogen (secondary N) is 1. The van der Waals surface area contributed by atoms with Crippen LogP contribution in [0.3, 0.4) is 0 Å². The van der Waals surface area contributed by atoms with Gasteiger partial charge in [-0.2, -0.15) is 0 Å². The van der Waals surface area contributed by atoms with Crippen molar-refractivity contribution in [3.05, 3.63) is 28.6 Å². The molecule has 1 amide bonds. The number of carbonyl (C=O) groups excluding carboxylic acids is 1. The lowest BCUT2D eigenvalue weighted by Gasteiger charge is -2.32. The molecule has 0 atom stereocenters. The third-order valence-electron chi connectivity index (χ3n) is 4.71. The number of carbonyl (C=O) groups is 1. The van der Waals surface area contributed by atoms with Crippen LogP contribution < -0.4 is 10.2 Å². The van der Waals surface area contributed by atoms with Crippen molar-refractivity contribution in [1.29, 1.82) is 0 Å². The molecule has 1 aromatic heterocycles. The second kappa shape index (κ2) is 8.65. The van der Waals surface area contributed by atoms with Crippen LogP contribution in [0.4, 0.5) is 22.1 Å². The van der Waals surface area contributed by atoms with E-state index in [0.717, 1.165) is 6.42 Å². The summed E-state index contributed by atoms with van der Waals surface area (Å²) in [7, 11) is 0. The van der Waals surface area contributed by atoms with Crippen LogP contribution in [-0.2, 0) is 4.74 Å². The average molecular weight is 376 g/mol. The zero-order valence-electron chi connectivity index (χ0n) is 15.3. The summed E-state index contributed by atoms with van der Waals surface area (Å²) in [6, 6.07) is -0.00150. The zero-order chi connectivity index (χ0) is 19.2. The SMILES string of the molecule is CCOC(=O)N1CCC(Nc2ncnc(N3CC=CCC3)c2[N+](=O)[O-])CC1. The lowest BCUT2D eigenvalue weighted by atomic mass is 10.1. The molecular formula is C17H24N6O4. The van der Waals surface area contributed by atoms with Gasteiger partial charge in [-0.05, 0) is 26.2 Å². The summed E-state index contributed by atoms with van der Waals surface area (Å²) in [5.41, 5.74) is -0.0966. The number of anilines is 2. The molecule has 0 unspecified atom stereocenters. The molecule has 2 aliphatic rings. The van der Waals surface area contributed by atoms with Crippen LogP contribution >= 0.6 is 0 Å². The number of ether oxygens (including phenoxy) is 1. The van der Waals surface area contributed by atoms with Gasteiger partial charge in [-0.15, -0.1) is 0 Å². The summed E-state index contributed by atoms with van der Waals surface area (Å²) in [6.45, 7) is 4.48.